The number of nitrogens with one attached hydrogen (secondary N) is 1. The zero-order valence-corrected chi connectivity index (χ0v) is 17.8. The monoisotopic (exact) mass is 460 g/mol. The molecule has 0 unspecified atom stereocenters. The molecule has 0 aliphatic heterocycles. The fourth-order valence-corrected chi connectivity index (χ4v) is 3.48. The largest absolute Gasteiger partial charge is 0.481 e. The van der Waals surface area contributed by atoms with Crippen molar-refractivity contribution in [2.75, 3.05) is 12.4 Å². The summed E-state index contributed by atoms with van der Waals surface area (Å²) in [4.78, 5) is 17.1. The van der Waals surface area contributed by atoms with E-state index in [1.165, 1.54) is 43.6 Å². The lowest BCUT2D eigenvalue weighted by Gasteiger charge is -2.19. The van der Waals surface area contributed by atoms with Gasteiger partial charge in [0, 0.05) is 18.0 Å². The van der Waals surface area contributed by atoms with Crippen molar-refractivity contribution >= 4 is 11.6 Å². The average molecular weight is 460 g/mol. The van der Waals surface area contributed by atoms with Crippen molar-refractivity contribution in [1.82, 2.24) is 4.98 Å². The van der Waals surface area contributed by atoms with Crippen LogP contribution in [0.25, 0.3) is 0 Å². The number of anilines is 1. The van der Waals surface area contributed by atoms with Gasteiger partial charge in [-0.05, 0) is 73.2 Å². The third-order valence-corrected chi connectivity index (χ3v) is 5.28. The van der Waals surface area contributed by atoms with Crippen LogP contribution >= 0.6 is 0 Å². The van der Waals surface area contributed by atoms with E-state index in [9.17, 15) is 22.4 Å². The third kappa shape index (κ3) is 5.08. The minimum absolute atomic E-state index is 0.0585. The molecule has 1 heterocycles. The summed E-state index contributed by atoms with van der Waals surface area (Å²) in [5, 5.41) is 2.65. The number of halogens is 4. The second-order valence-electron chi connectivity index (χ2n) is 7.76. The van der Waals surface area contributed by atoms with E-state index >= 15 is 0 Å². The summed E-state index contributed by atoms with van der Waals surface area (Å²) in [6, 6.07) is 8.73. The number of hydrogen-bond acceptors (Lipinski definition) is 4. The number of hydrogen-bond donors (Lipinski definition) is 1. The number of carbonyl (C=O) groups is 1. The highest BCUT2D eigenvalue weighted by molar-refractivity contribution is 6.06. The second kappa shape index (κ2) is 8.73. The van der Waals surface area contributed by atoms with Crippen LogP contribution in [0.5, 0.6) is 17.4 Å². The van der Waals surface area contributed by atoms with Crippen molar-refractivity contribution in [2.45, 2.75) is 31.9 Å². The Morgan fingerprint density at radius 1 is 1.09 bits per heavy atom. The van der Waals surface area contributed by atoms with Crippen LogP contribution in [0.1, 0.15) is 45.8 Å². The molecule has 9 heteroatoms. The lowest BCUT2D eigenvalue weighted by molar-refractivity contribution is -0.138. The number of ether oxygens (including phenoxy) is 2. The molecule has 1 aliphatic rings. The molecule has 1 N–H and O–H groups in total. The highest BCUT2D eigenvalue weighted by Gasteiger charge is 2.40. The standard InChI is InChI=1S/C24H20F4N2O3/c1-13-9-15(25)5-6-20(13)33-21-12-19(24(26,27)28)17(14-3-4-14)11-18(21)23(31)30-16-7-8-29-22(10-16)32-2/h5-12,14H,3-4H2,1-2H3,(H,29,30,31). The van der Waals surface area contributed by atoms with Crippen molar-refractivity contribution in [1.29, 1.82) is 0 Å². The number of methoxy groups -OCH3 is 1. The molecule has 1 amide bonds. The molecule has 172 valence electrons. The van der Waals surface area contributed by atoms with Crippen LogP contribution in [0.15, 0.2) is 48.7 Å². The number of pyridine rings is 1. The minimum Gasteiger partial charge on any atom is -0.481 e. The Morgan fingerprint density at radius 3 is 2.48 bits per heavy atom. The molecule has 1 aliphatic carbocycles. The Hall–Kier alpha value is -3.62. The molecule has 1 fully saturated rings. The summed E-state index contributed by atoms with van der Waals surface area (Å²) >= 11 is 0. The van der Waals surface area contributed by atoms with Gasteiger partial charge in [0.25, 0.3) is 5.91 Å². The fourth-order valence-electron chi connectivity index (χ4n) is 3.48. The number of benzene rings is 2. The van der Waals surface area contributed by atoms with Crippen LogP contribution in [-0.4, -0.2) is 18.0 Å². The Morgan fingerprint density at radius 2 is 1.85 bits per heavy atom. The minimum atomic E-state index is -4.62. The van der Waals surface area contributed by atoms with Gasteiger partial charge < -0.3 is 14.8 Å². The van der Waals surface area contributed by atoms with Crippen molar-refractivity contribution in [2.24, 2.45) is 0 Å². The van der Waals surface area contributed by atoms with Gasteiger partial charge >= 0.3 is 6.18 Å². The number of amides is 1. The maximum atomic E-state index is 13.8. The normalized spacial score (nSPS) is 13.5. The predicted molar refractivity (Wildman–Crippen MR) is 113 cm³/mol. The quantitative estimate of drug-likeness (QED) is 0.428. The first-order valence-corrected chi connectivity index (χ1v) is 10.2. The van der Waals surface area contributed by atoms with Gasteiger partial charge in [-0.25, -0.2) is 9.37 Å². The molecule has 33 heavy (non-hydrogen) atoms. The molecule has 4 rings (SSSR count). The zero-order valence-electron chi connectivity index (χ0n) is 17.8. The topological polar surface area (TPSA) is 60.5 Å². The van der Waals surface area contributed by atoms with E-state index in [0.29, 0.717) is 24.1 Å². The van der Waals surface area contributed by atoms with Crippen LogP contribution in [0.4, 0.5) is 23.2 Å². The Balaban J connectivity index is 1.79. The number of aromatic nitrogens is 1. The second-order valence-corrected chi connectivity index (χ2v) is 7.76. The van der Waals surface area contributed by atoms with Crippen LogP contribution in [0, 0.1) is 12.7 Å². The molecule has 0 bridgehead atoms. The first-order valence-electron chi connectivity index (χ1n) is 10.2. The predicted octanol–water partition coefficient (Wildman–Crippen LogP) is 6.48. The zero-order chi connectivity index (χ0) is 23.8. The molecule has 0 saturated heterocycles. The van der Waals surface area contributed by atoms with Gasteiger partial charge in [0.15, 0.2) is 0 Å². The summed E-state index contributed by atoms with van der Waals surface area (Å²) in [6.07, 6.45) is -1.97. The van der Waals surface area contributed by atoms with Crippen LogP contribution < -0.4 is 14.8 Å². The molecular weight excluding hydrogens is 440 g/mol. The molecule has 1 saturated carbocycles. The third-order valence-electron chi connectivity index (χ3n) is 5.28. The highest BCUT2D eigenvalue weighted by atomic mass is 19.4. The SMILES string of the molecule is COc1cc(NC(=O)c2cc(C3CC3)c(C(F)(F)F)cc2Oc2ccc(F)cc2C)ccn1. The van der Waals surface area contributed by atoms with Gasteiger partial charge in [0.2, 0.25) is 5.88 Å². The highest BCUT2D eigenvalue weighted by Crippen LogP contribution is 2.48. The van der Waals surface area contributed by atoms with Crippen molar-refractivity contribution in [3.63, 3.8) is 0 Å². The lowest BCUT2D eigenvalue weighted by atomic mass is 9.98. The first-order chi connectivity index (χ1) is 15.7. The number of aryl methyl sites for hydroxylation is 1. The summed E-state index contributed by atoms with van der Waals surface area (Å²) in [5.41, 5.74) is -0.127. The number of alkyl halides is 3. The molecule has 1 aromatic heterocycles. The number of rotatable bonds is 6. The van der Waals surface area contributed by atoms with Gasteiger partial charge in [0.05, 0.1) is 18.2 Å². The van der Waals surface area contributed by atoms with E-state index in [-0.39, 0.29) is 34.4 Å². The first kappa shape index (κ1) is 22.6. The van der Waals surface area contributed by atoms with Gasteiger partial charge in [-0.15, -0.1) is 0 Å². The Kier molecular flexibility index (Phi) is 5.97. The molecular formula is C24H20F4N2O3. The maximum Gasteiger partial charge on any atom is 0.416 e. The summed E-state index contributed by atoms with van der Waals surface area (Å²) < 4.78 is 65.7. The Labute approximate surface area is 187 Å². The Bertz CT molecular complexity index is 1210. The molecule has 0 spiro atoms. The molecule has 3 aromatic rings. The maximum absolute atomic E-state index is 13.8. The van der Waals surface area contributed by atoms with Crippen molar-refractivity contribution in [3.8, 4) is 17.4 Å². The van der Waals surface area contributed by atoms with Gasteiger partial charge in [0.1, 0.15) is 17.3 Å². The van der Waals surface area contributed by atoms with Crippen LogP contribution in [0.3, 0.4) is 0 Å². The summed E-state index contributed by atoms with van der Waals surface area (Å²) in [6.45, 7) is 1.56. The van der Waals surface area contributed by atoms with E-state index in [1.807, 2.05) is 0 Å². The van der Waals surface area contributed by atoms with Gasteiger partial charge in [-0.2, -0.15) is 13.2 Å². The van der Waals surface area contributed by atoms with Crippen molar-refractivity contribution < 1.29 is 31.8 Å². The fraction of sp³-hybridized carbons (Fsp3) is 0.250. The van der Waals surface area contributed by atoms with Gasteiger partial charge in [-0.1, -0.05) is 0 Å². The van der Waals surface area contributed by atoms with Crippen molar-refractivity contribution in [3.05, 3.63) is 76.7 Å². The van der Waals surface area contributed by atoms with E-state index in [0.717, 1.165) is 12.1 Å². The summed E-state index contributed by atoms with van der Waals surface area (Å²) in [7, 11) is 1.42. The van der Waals surface area contributed by atoms with Gasteiger partial charge in [-0.3, -0.25) is 4.79 Å². The number of carbonyl (C=O) groups excluding carboxylic acids is 1. The van der Waals surface area contributed by atoms with E-state index in [2.05, 4.69) is 10.3 Å². The number of nitrogens with zero attached hydrogens (tertiary/aromatic N) is 1. The average Bonchev–Trinajstić information content (AvgIpc) is 3.60. The van der Waals surface area contributed by atoms with Crippen LogP contribution in [-0.2, 0) is 6.18 Å². The lowest BCUT2D eigenvalue weighted by Crippen LogP contribution is -2.16. The molecule has 2 aromatic carbocycles. The molecule has 0 atom stereocenters. The molecule has 5 nitrogen and oxygen atoms in total. The van der Waals surface area contributed by atoms with E-state index in [1.54, 1.807) is 6.92 Å². The summed E-state index contributed by atoms with van der Waals surface area (Å²) in [5.74, 6) is -1.31. The molecule has 0 radical (unpaired) electrons. The van der Waals surface area contributed by atoms with E-state index in [4.69, 9.17) is 9.47 Å². The van der Waals surface area contributed by atoms with E-state index < -0.39 is 23.5 Å². The van der Waals surface area contributed by atoms with Crippen LogP contribution in [0.2, 0.25) is 0 Å². The smallest absolute Gasteiger partial charge is 0.416 e.